The molecule has 0 spiro atoms. The molecule has 0 unspecified atom stereocenters. The fourth-order valence-electron chi connectivity index (χ4n) is 1.76. The van der Waals surface area contributed by atoms with Gasteiger partial charge in [0, 0.05) is 26.3 Å². The summed E-state index contributed by atoms with van der Waals surface area (Å²) in [4.78, 5) is 13.8. The van der Waals surface area contributed by atoms with Crippen LogP contribution in [0.4, 0.5) is 5.69 Å². The number of likely N-dealkylation sites (N-methyl/N-ethyl adjacent to an activating group) is 1. The van der Waals surface area contributed by atoms with Crippen molar-refractivity contribution in [2.24, 2.45) is 7.05 Å². The highest BCUT2D eigenvalue weighted by Crippen LogP contribution is 2.13. The Bertz CT molecular complexity index is 404. The maximum Gasteiger partial charge on any atom is 0.270 e. The number of hydrogen-bond acceptors (Lipinski definition) is 3. The molecule has 3 N–H and O–H groups in total. The minimum absolute atomic E-state index is 0.117. The van der Waals surface area contributed by atoms with Gasteiger partial charge in [-0.2, -0.15) is 0 Å². The molecule has 0 saturated carbocycles. The van der Waals surface area contributed by atoms with Crippen LogP contribution in [-0.2, 0) is 7.05 Å². The summed E-state index contributed by atoms with van der Waals surface area (Å²) >= 11 is 0. The molecule has 1 aromatic heterocycles. The molecule has 17 heavy (non-hydrogen) atoms. The van der Waals surface area contributed by atoms with Crippen LogP contribution < -0.4 is 5.73 Å². The monoisotopic (exact) mass is 239 g/mol. The van der Waals surface area contributed by atoms with Crippen molar-refractivity contribution in [2.45, 2.75) is 26.4 Å². The minimum Gasteiger partial charge on any atom is -0.397 e. The van der Waals surface area contributed by atoms with E-state index in [1.807, 2.05) is 6.92 Å². The highest BCUT2D eigenvalue weighted by molar-refractivity contribution is 5.93. The Morgan fingerprint density at radius 2 is 2.18 bits per heavy atom. The molecule has 1 rings (SSSR count). The molecule has 1 heterocycles. The summed E-state index contributed by atoms with van der Waals surface area (Å²) in [6.07, 6.45) is 1.70. The van der Waals surface area contributed by atoms with Gasteiger partial charge in [-0.1, -0.05) is 0 Å². The highest BCUT2D eigenvalue weighted by atomic mass is 16.3. The average Bonchev–Trinajstić information content (AvgIpc) is 2.52. The fourth-order valence-corrected chi connectivity index (χ4v) is 1.76. The number of nitrogens with two attached hydrogens (primary N) is 1. The molecule has 0 saturated heterocycles. The largest absolute Gasteiger partial charge is 0.397 e. The van der Waals surface area contributed by atoms with E-state index >= 15 is 0 Å². The number of aromatic nitrogens is 1. The number of amides is 1. The quantitative estimate of drug-likeness (QED) is 0.818. The normalized spacial score (nSPS) is 11.6. The molecular formula is C12H21N3O2. The smallest absolute Gasteiger partial charge is 0.270 e. The molecule has 0 atom stereocenters. The lowest BCUT2D eigenvalue weighted by Gasteiger charge is -2.28. The number of nitrogen functional groups attached to an aromatic ring is 1. The van der Waals surface area contributed by atoms with E-state index < -0.39 is 5.60 Å². The first kappa shape index (κ1) is 13.6. The van der Waals surface area contributed by atoms with Crippen molar-refractivity contribution < 1.29 is 9.90 Å². The fraction of sp³-hybridized carbons (Fsp3) is 0.583. The van der Waals surface area contributed by atoms with Gasteiger partial charge in [0.25, 0.3) is 5.91 Å². The van der Waals surface area contributed by atoms with Crippen molar-refractivity contribution >= 4 is 11.6 Å². The predicted molar refractivity (Wildman–Crippen MR) is 67.7 cm³/mol. The Morgan fingerprint density at radius 1 is 1.59 bits per heavy atom. The number of carbonyl (C=O) groups excluding carboxylic acids is 1. The van der Waals surface area contributed by atoms with Crippen molar-refractivity contribution in [1.82, 2.24) is 9.47 Å². The van der Waals surface area contributed by atoms with Crippen LogP contribution in [0.3, 0.4) is 0 Å². The summed E-state index contributed by atoms with van der Waals surface area (Å²) < 4.78 is 1.70. The number of carbonyl (C=O) groups is 1. The van der Waals surface area contributed by atoms with E-state index in [2.05, 4.69) is 0 Å². The third kappa shape index (κ3) is 3.49. The molecule has 0 radical (unpaired) electrons. The summed E-state index contributed by atoms with van der Waals surface area (Å²) in [6.45, 7) is 6.10. The summed E-state index contributed by atoms with van der Waals surface area (Å²) in [7, 11) is 1.78. The molecule has 1 aromatic rings. The number of rotatable bonds is 4. The average molecular weight is 239 g/mol. The van der Waals surface area contributed by atoms with Crippen LogP contribution in [0.25, 0.3) is 0 Å². The zero-order valence-electron chi connectivity index (χ0n) is 10.9. The van der Waals surface area contributed by atoms with Crippen molar-refractivity contribution in [3.8, 4) is 0 Å². The SMILES string of the molecule is CCN(CC(C)(C)O)C(=O)c1cc(N)cn1C. The van der Waals surface area contributed by atoms with E-state index in [0.717, 1.165) is 0 Å². The lowest BCUT2D eigenvalue weighted by Crippen LogP contribution is -2.42. The van der Waals surface area contributed by atoms with E-state index in [1.54, 1.807) is 42.6 Å². The Kier molecular flexibility index (Phi) is 3.83. The second-order valence-electron chi connectivity index (χ2n) is 4.90. The zero-order valence-corrected chi connectivity index (χ0v) is 10.9. The number of aryl methyl sites for hydroxylation is 1. The van der Waals surface area contributed by atoms with Crippen LogP contribution in [0.2, 0.25) is 0 Å². The molecule has 0 aliphatic rings. The second kappa shape index (κ2) is 4.79. The molecule has 0 bridgehead atoms. The Balaban J connectivity index is 2.90. The van der Waals surface area contributed by atoms with Crippen LogP contribution in [0, 0.1) is 0 Å². The van der Waals surface area contributed by atoms with Crippen molar-refractivity contribution in [3.05, 3.63) is 18.0 Å². The summed E-state index contributed by atoms with van der Waals surface area (Å²) in [5.41, 5.74) is 5.85. The minimum atomic E-state index is -0.900. The van der Waals surface area contributed by atoms with E-state index in [-0.39, 0.29) is 5.91 Å². The first-order chi connectivity index (χ1) is 7.74. The molecule has 0 aliphatic carbocycles. The van der Waals surface area contributed by atoms with E-state index in [0.29, 0.717) is 24.5 Å². The van der Waals surface area contributed by atoms with Crippen molar-refractivity contribution in [1.29, 1.82) is 0 Å². The molecule has 5 heteroatoms. The predicted octanol–water partition coefficient (Wildman–Crippen LogP) is 0.840. The van der Waals surface area contributed by atoms with Gasteiger partial charge in [0.2, 0.25) is 0 Å². The van der Waals surface area contributed by atoms with Crippen LogP contribution in [0.15, 0.2) is 12.3 Å². The number of nitrogens with zero attached hydrogens (tertiary/aromatic N) is 2. The van der Waals surface area contributed by atoms with Gasteiger partial charge < -0.3 is 20.3 Å². The zero-order chi connectivity index (χ0) is 13.2. The highest BCUT2D eigenvalue weighted by Gasteiger charge is 2.23. The first-order valence-corrected chi connectivity index (χ1v) is 5.68. The number of anilines is 1. The van der Waals surface area contributed by atoms with E-state index in [4.69, 9.17) is 5.73 Å². The third-order valence-electron chi connectivity index (χ3n) is 2.49. The van der Waals surface area contributed by atoms with Crippen LogP contribution >= 0.6 is 0 Å². The van der Waals surface area contributed by atoms with Gasteiger partial charge >= 0.3 is 0 Å². The summed E-state index contributed by atoms with van der Waals surface area (Å²) in [5, 5.41) is 9.76. The second-order valence-corrected chi connectivity index (χ2v) is 4.90. The van der Waals surface area contributed by atoms with Gasteiger partial charge in [-0.25, -0.2) is 0 Å². The molecule has 5 nitrogen and oxygen atoms in total. The van der Waals surface area contributed by atoms with Crippen molar-refractivity contribution in [2.75, 3.05) is 18.8 Å². The molecule has 1 amide bonds. The number of aliphatic hydroxyl groups is 1. The van der Waals surface area contributed by atoms with Gasteiger partial charge in [-0.3, -0.25) is 4.79 Å². The van der Waals surface area contributed by atoms with Gasteiger partial charge in [0.15, 0.2) is 0 Å². The summed E-state index contributed by atoms with van der Waals surface area (Å²) in [5.74, 6) is -0.117. The van der Waals surface area contributed by atoms with Gasteiger partial charge in [-0.05, 0) is 26.8 Å². The molecule has 0 fully saturated rings. The maximum absolute atomic E-state index is 12.2. The van der Waals surface area contributed by atoms with Crippen LogP contribution in [-0.4, -0.2) is 39.2 Å². The van der Waals surface area contributed by atoms with Crippen LogP contribution in [0.5, 0.6) is 0 Å². The van der Waals surface area contributed by atoms with Crippen molar-refractivity contribution in [3.63, 3.8) is 0 Å². The van der Waals surface area contributed by atoms with Gasteiger partial charge in [0.05, 0.1) is 11.3 Å². The lowest BCUT2D eigenvalue weighted by molar-refractivity contribution is 0.0309. The lowest BCUT2D eigenvalue weighted by atomic mass is 10.1. The molecular weight excluding hydrogens is 218 g/mol. The molecule has 0 aliphatic heterocycles. The topological polar surface area (TPSA) is 71.5 Å². The molecule has 96 valence electrons. The standard InChI is InChI=1S/C12H21N3O2/c1-5-15(8-12(2,3)17)11(16)10-6-9(13)7-14(10)4/h6-7,17H,5,8,13H2,1-4H3. The maximum atomic E-state index is 12.2. The summed E-state index contributed by atoms with van der Waals surface area (Å²) in [6, 6.07) is 1.65. The van der Waals surface area contributed by atoms with Gasteiger partial charge in [0.1, 0.15) is 5.69 Å². The van der Waals surface area contributed by atoms with Crippen LogP contribution in [0.1, 0.15) is 31.3 Å². The molecule has 0 aromatic carbocycles. The van der Waals surface area contributed by atoms with E-state index in [9.17, 15) is 9.90 Å². The first-order valence-electron chi connectivity index (χ1n) is 5.68. The third-order valence-corrected chi connectivity index (χ3v) is 2.49. The van der Waals surface area contributed by atoms with Gasteiger partial charge in [-0.15, -0.1) is 0 Å². The Morgan fingerprint density at radius 3 is 2.53 bits per heavy atom. The number of hydrogen-bond donors (Lipinski definition) is 2. The Hall–Kier alpha value is -1.49. The Labute approximate surface area is 102 Å². The van der Waals surface area contributed by atoms with E-state index in [1.165, 1.54) is 0 Å².